The Hall–Kier alpha value is -3.29. The Bertz CT molecular complexity index is 936. The molecule has 0 bridgehead atoms. The van der Waals surface area contributed by atoms with Gasteiger partial charge in [-0.15, -0.1) is 0 Å². The second-order valence-electron chi connectivity index (χ2n) is 5.80. The fraction of sp³-hybridized carbons (Fsp3) is 0.158. The van der Waals surface area contributed by atoms with E-state index in [1.54, 1.807) is 30.3 Å². The van der Waals surface area contributed by atoms with Gasteiger partial charge in [0.2, 0.25) is 5.78 Å². The lowest BCUT2D eigenvalue weighted by Gasteiger charge is -2.12. The summed E-state index contributed by atoms with van der Waals surface area (Å²) in [6, 6.07) is 11.0. The van der Waals surface area contributed by atoms with E-state index in [-0.39, 0.29) is 22.6 Å². The minimum absolute atomic E-state index is 0.161. The van der Waals surface area contributed by atoms with Gasteiger partial charge in [-0.3, -0.25) is 4.79 Å². The van der Waals surface area contributed by atoms with Gasteiger partial charge in [-0.25, -0.2) is 4.79 Å². The van der Waals surface area contributed by atoms with Crippen molar-refractivity contribution in [2.75, 3.05) is 7.11 Å². The molecule has 0 spiro atoms. The largest absolute Gasteiger partial charge is 0.465 e. The molecule has 140 valence electrons. The molecular weight excluding hydrogens is 363 g/mol. The van der Waals surface area contributed by atoms with Crippen LogP contribution in [0.3, 0.4) is 0 Å². The van der Waals surface area contributed by atoms with Gasteiger partial charge in [0.25, 0.3) is 0 Å². The second kappa shape index (κ2) is 6.79. The van der Waals surface area contributed by atoms with Crippen LogP contribution in [-0.4, -0.2) is 18.9 Å². The molecule has 0 aromatic heterocycles. The number of nitrogens with two attached hydrogens (primary N) is 1. The fourth-order valence-electron chi connectivity index (χ4n) is 2.79. The number of ketones is 1. The van der Waals surface area contributed by atoms with Crippen LogP contribution in [0.15, 0.2) is 54.4 Å². The molecule has 2 aromatic carbocycles. The van der Waals surface area contributed by atoms with Gasteiger partial charge >= 0.3 is 12.1 Å². The van der Waals surface area contributed by atoms with Crippen molar-refractivity contribution < 1.29 is 32.2 Å². The molecule has 0 saturated carbocycles. The number of esters is 1. The third-order valence-electron chi connectivity index (χ3n) is 4.05. The van der Waals surface area contributed by atoms with Crippen molar-refractivity contribution in [1.29, 1.82) is 0 Å². The highest BCUT2D eigenvalue weighted by atomic mass is 19.4. The Morgan fingerprint density at radius 2 is 1.81 bits per heavy atom. The summed E-state index contributed by atoms with van der Waals surface area (Å²) < 4.78 is 49.6. The Balaban J connectivity index is 2.08. The molecule has 2 N–H and O–H groups in total. The summed E-state index contributed by atoms with van der Waals surface area (Å²) in [4.78, 5) is 24.5. The molecule has 0 aliphatic carbocycles. The highest BCUT2D eigenvalue weighted by Gasteiger charge is 2.38. The van der Waals surface area contributed by atoms with Crippen LogP contribution in [-0.2, 0) is 20.4 Å². The van der Waals surface area contributed by atoms with Crippen LogP contribution in [0.2, 0.25) is 0 Å². The highest BCUT2D eigenvalue weighted by molar-refractivity contribution is 6.25. The van der Waals surface area contributed by atoms with Crippen LogP contribution in [0, 0.1) is 0 Å². The first-order valence-electron chi connectivity index (χ1n) is 7.79. The Kier molecular flexibility index (Phi) is 4.65. The van der Waals surface area contributed by atoms with Gasteiger partial charge in [-0.2, -0.15) is 13.2 Å². The summed E-state index contributed by atoms with van der Waals surface area (Å²) in [6.45, 7) is 0. The number of Topliss-reactive ketones (excluding diaryl/α,β-unsaturated/α-hetero) is 1. The molecule has 3 rings (SSSR count). The number of methoxy groups -OCH3 is 1. The van der Waals surface area contributed by atoms with Gasteiger partial charge in [-0.05, 0) is 23.8 Å². The lowest BCUT2D eigenvalue weighted by Crippen LogP contribution is -2.12. The molecule has 27 heavy (non-hydrogen) atoms. The molecule has 1 unspecified atom stereocenters. The predicted octanol–water partition coefficient (Wildman–Crippen LogP) is 3.46. The van der Waals surface area contributed by atoms with Crippen LogP contribution in [0.5, 0.6) is 0 Å². The Labute approximate surface area is 152 Å². The van der Waals surface area contributed by atoms with E-state index in [4.69, 9.17) is 10.5 Å². The number of benzene rings is 2. The predicted molar refractivity (Wildman–Crippen MR) is 89.2 cm³/mol. The number of rotatable bonds is 3. The van der Waals surface area contributed by atoms with Gasteiger partial charge in [-0.1, -0.05) is 30.3 Å². The normalized spacial score (nSPS) is 17.0. The van der Waals surface area contributed by atoms with E-state index in [2.05, 4.69) is 4.74 Å². The van der Waals surface area contributed by atoms with E-state index in [0.29, 0.717) is 11.6 Å². The van der Waals surface area contributed by atoms with Gasteiger partial charge < -0.3 is 15.2 Å². The first-order valence-corrected chi connectivity index (χ1v) is 7.79. The molecule has 0 saturated heterocycles. The molecule has 5 nitrogen and oxygen atoms in total. The number of hydrogen-bond acceptors (Lipinski definition) is 5. The van der Waals surface area contributed by atoms with Crippen molar-refractivity contribution in [3.8, 4) is 0 Å². The molecule has 0 radical (unpaired) electrons. The maximum Gasteiger partial charge on any atom is 0.416 e. The summed E-state index contributed by atoms with van der Waals surface area (Å²) in [7, 11) is 1.05. The lowest BCUT2D eigenvalue weighted by atomic mass is 9.94. The van der Waals surface area contributed by atoms with Gasteiger partial charge in [0.05, 0.1) is 23.8 Å². The molecule has 1 aliphatic heterocycles. The minimum atomic E-state index is -4.73. The summed E-state index contributed by atoms with van der Waals surface area (Å²) >= 11 is 0. The number of alkyl halides is 3. The van der Waals surface area contributed by atoms with Crippen LogP contribution in [0.4, 0.5) is 13.2 Å². The summed E-state index contributed by atoms with van der Waals surface area (Å²) in [5, 5.41) is 0. The van der Waals surface area contributed by atoms with Crippen molar-refractivity contribution in [3.63, 3.8) is 0 Å². The number of hydrogen-bond donors (Lipinski definition) is 1. The van der Waals surface area contributed by atoms with E-state index < -0.39 is 29.6 Å². The second-order valence-corrected chi connectivity index (χ2v) is 5.80. The summed E-state index contributed by atoms with van der Waals surface area (Å²) in [6.07, 6.45) is -5.78. The third kappa shape index (κ3) is 3.51. The number of ether oxygens (including phenoxy) is 2. The van der Waals surface area contributed by atoms with E-state index >= 15 is 0 Å². The number of carbonyl (C=O) groups excluding carboxylic acids is 2. The molecule has 0 amide bonds. The number of carbonyl (C=O) groups is 2. The molecule has 8 heteroatoms. The molecule has 1 atom stereocenters. The quantitative estimate of drug-likeness (QED) is 0.829. The third-order valence-corrected chi connectivity index (χ3v) is 4.05. The SMILES string of the molecule is COC(=O)c1cc(C2=C(N)OC(c3ccccc3)C2=O)cc(C(F)(F)F)c1. The lowest BCUT2D eigenvalue weighted by molar-refractivity contribution is -0.137. The van der Waals surface area contributed by atoms with Crippen molar-refractivity contribution in [3.05, 3.63) is 76.7 Å². The fourth-order valence-corrected chi connectivity index (χ4v) is 2.79. The maximum atomic E-state index is 13.2. The van der Waals surface area contributed by atoms with E-state index in [0.717, 1.165) is 19.2 Å². The molecular formula is C19H14F3NO4. The zero-order valence-corrected chi connectivity index (χ0v) is 14.0. The smallest absolute Gasteiger partial charge is 0.416 e. The minimum Gasteiger partial charge on any atom is -0.465 e. The van der Waals surface area contributed by atoms with E-state index in [1.165, 1.54) is 0 Å². The summed E-state index contributed by atoms with van der Waals surface area (Å²) in [5.41, 5.74) is 4.48. The van der Waals surface area contributed by atoms with Crippen molar-refractivity contribution in [2.24, 2.45) is 5.73 Å². The monoisotopic (exact) mass is 377 g/mol. The van der Waals surface area contributed by atoms with E-state index in [1.807, 2.05) is 0 Å². The van der Waals surface area contributed by atoms with Gasteiger partial charge in [0, 0.05) is 5.56 Å². The van der Waals surface area contributed by atoms with Crippen LogP contribution in [0.25, 0.3) is 5.57 Å². The first kappa shape index (κ1) is 18.5. The molecule has 0 fully saturated rings. The first-order chi connectivity index (χ1) is 12.7. The zero-order valence-electron chi connectivity index (χ0n) is 14.0. The zero-order chi connectivity index (χ0) is 19.8. The Morgan fingerprint density at radius 3 is 2.41 bits per heavy atom. The van der Waals surface area contributed by atoms with Crippen molar-refractivity contribution in [1.82, 2.24) is 0 Å². The van der Waals surface area contributed by atoms with Crippen molar-refractivity contribution >= 4 is 17.3 Å². The van der Waals surface area contributed by atoms with E-state index in [9.17, 15) is 22.8 Å². The standard InChI is InChI=1S/C19H14F3NO4/c1-26-18(25)12-7-11(8-13(9-12)19(20,21)22)14-15(24)16(27-17(14)23)10-5-3-2-4-6-10/h2-9,16H,23H2,1H3. The van der Waals surface area contributed by atoms with Crippen LogP contribution < -0.4 is 5.73 Å². The van der Waals surface area contributed by atoms with Gasteiger partial charge in [0.15, 0.2) is 12.0 Å². The highest BCUT2D eigenvalue weighted by Crippen LogP contribution is 2.38. The average molecular weight is 377 g/mol. The van der Waals surface area contributed by atoms with Crippen molar-refractivity contribution in [2.45, 2.75) is 12.3 Å². The molecule has 2 aromatic rings. The Morgan fingerprint density at radius 1 is 1.15 bits per heavy atom. The average Bonchev–Trinajstić information content (AvgIpc) is 2.95. The van der Waals surface area contributed by atoms with Crippen LogP contribution >= 0.6 is 0 Å². The van der Waals surface area contributed by atoms with Gasteiger partial charge in [0.1, 0.15) is 0 Å². The topological polar surface area (TPSA) is 78.6 Å². The summed E-state index contributed by atoms with van der Waals surface area (Å²) in [5.74, 6) is -1.86. The maximum absolute atomic E-state index is 13.2. The van der Waals surface area contributed by atoms with Crippen LogP contribution in [0.1, 0.15) is 33.2 Å². The molecule has 1 aliphatic rings. The number of halogens is 3. The molecule has 1 heterocycles.